The van der Waals surface area contributed by atoms with Gasteiger partial charge in [-0.1, -0.05) is 37.3 Å². The van der Waals surface area contributed by atoms with Crippen LogP contribution in [0.3, 0.4) is 0 Å². The first-order valence-electron chi connectivity index (χ1n) is 8.31. The normalized spacial score (nSPS) is 26.9. The highest BCUT2D eigenvalue weighted by Gasteiger charge is 2.34. The predicted octanol–water partition coefficient (Wildman–Crippen LogP) is 1.90. The minimum atomic E-state index is 0.0835. The molecule has 1 aromatic carbocycles. The molecule has 0 aromatic heterocycles. The first kappa shape index (κ1) is 15.5. The van der Waals surface area contributed by atoms with E-state index < -0.39 is 0 Å². The molecule has 2 aliphatic heterocycles. The van der Waals surface area contributed by atoms with Gasteiger partial charge in [-0.2, -0.15) is 0 Å². The van der Waals surface area contributed by atoms with Crippen molar-refractivity contribution in [3.05, 3.63) is 35.9 Å². The number of ether oxygens (including phenoxy) is 1. The highest BCUT2D eigenvalue weighted by atomic mass is 16.5. The van der Waals surface area contributed by atoms with Crippen molar-refractivity contribution >= 4 is 5.91 Å². The fourth-order valence-electron chi connectivity index (χ4n) is 3.58. The van der Waals surface area contributed by atoms with Crippen LogP contribution in [0, 0.1) is 0 Å². The zero-order chi connectivity index (χ0) is 15.4. The number of rotatable bonds is 3. The van der Waals surface area contributed by atoms with Gasteiger partial charge in [-0.05, 0) is 18.4 Å². The van der Waals surface area contributed by atoms with Crippen molar-refractivity contribution in [1.29, 1.82) is 0 Å². The summed E-state index contributed by atoms with van der Waals surface area (Å²) in [4.78, 5) is 16.9. The van der Waals surface area contributed by atoms with Gasteiger partial charge < -0.3 is 9.64 Å². The van der Waals surface area contributed by atoms with Crippen molar-refractivity contribution in [3.8, 4) is 0 Å². The minimum Gasteiger partial charge on any atom is -0.379 e. The average molecular weight is 302 g/mol. The van der Waals surface area contributed by atoms with Crippen LogP contribution in [0.15, 0.2) is 30.3 Å². The number of benzene rings is 1. The summed E-state index contributed by atoms with van der Waals surface area (Å²) in [5.41, 5.74) is 1.43. The van der Waals surface area contributed by atoms with Crippen LogP contribution in [0.25, 0.3) is 0 Å². The van der Waals surface area contributed by atoms with Gasteiger partial charge in [-0.15, -0.1) is 0 Å². The van der Waals surface area contributed by atoms with Gasteiger partial charge in [0, 0.05) is 31.6 Å². The smallest absolute Gasteiger partial charge is 0.236 e. The Labute approximate surface area is 133 Å². The number of morpholine rings is 1. The molecule has 1 atom stereocenters. The van der Waals surface area contributed by atoms with E-state index in [4.69, 9.17) is 4.74 Å². The van der Waals surface area contributed by atoms with Gasteiger partial charge in [0.15, 0.2) is 0 Å². The van der Waals surface area contributed by atoms with E-state index in [-0.39, 0.29) is 11.3 Å². The zero-order valence-electron chi connectivity index (χ0n) is 13.5. The summed E-state index contributed by atoms with van der Waals surface area (Å²) in [6, 6.07) is 10.6. The molecule has 4 nitrogen and oxygen atoms in total. The van der Waals surface area contributed by atoms with Gasteiger partial charge in [0.25, 0.3) is 0 Å². The molecule has 2 aliphatic rings. The lowest BCUT2D eigenvalue weighted by Crippen LogP contribution is -2.51. The summed E-state index contributed by atoms with van der Waals surface area (Å²) in [5.74, 6) is 0.267. The fourth-order valence-corrected chi connectivity index (χ4v) is 3.58. The molecule has 1 aromatic rings. The van der Waals surface area contributed by atoms with Crippen LogP contribution in [0.2, 0.25) is 0 Å². The zero-order valence-corrected chi connectivity index (χ0v) is 13.5. The molecule has 1 amide bonds. The molecular weight excluding hydrogens is 276 g/mol. The highest BCUT2D eigenvalue weighted by Crippen LogP contribution is 2.33. The molecule has 2 fully saturated rings. The number of hydrogen-bond acceptors (Lipinski definition) is 3. The Morgan fingerprint density at radius 3 is 2.64 bits per heavy atom. The lowest BCUT2D eigenvalue weighted by molar-refractivity contribution is -0.135. The van der Waals surface area contributed by atoms with Gasteiger partial charge in [-0.3, -0.25) is 9.69 Å². The highest BCUT2D eigenvalue weighted by molar-refractivity contribution is 5.78. The average Bonchev–Trinajstić information content (AvgIpc) is 2.57. The molecule has 0 N–H and O–H groups in total. The largest absolute Gasteiger partial charge is 0.379 e. The van der Waals surface area contributed by atoms with Gasteiger partial charge >= 0.3 is 0 Å². The number of hydrogen-bond donors (Lipinski definition) is 0. The first-order chi connectivity index (χ1) is 10.7. The Kier molecular flexibility index (Phi) is 4.79. The lowest BCUT2D eigenvalue weighted by Gasteiger charge is -2.41. The van der Waals surface area contributed by atoms with E-state index >= 15 is 0 Å². The van der Waals surface area contributed by atoms with Crippen molar-refractivity contribution < 1.29 is 9.53 Å². The standard InChI is InChI=1S/C18H26N2O2/c1-18(16-6-3-2-4-7-16)8-5-9-20(15-18)17(21)14-19-10-12-22-13-11-19/h2-4,6-7H,5,8-15H2,1H3. The van der Waals surface area contributed by atoms with E-state index in [9.17, 15) is 4.79 Å². The third-order valence-corrected chi connectivity index (χ3v) is 4.98. The SMILES string of the molecule is CC1(c2ccccc2)CCCN(C(=O)CN2CCOCC2)C1. The second-order valence-corrected chi connectivity index (χ2v) is 6.73. The third kappa shape index (κ3) is 3.50. The third-order valence-electron chi connectivity index (χ3n) is 4.98. The Morgan fingerprint density at radius 2 is 1.91 bits per heavy atom. The topological polar surface area (TPSA) is 32.8 Å². The summed E-state index contributed by atoms with van der Waals surface area (Å²) in [7, 11) is 0. The molecule has 0 bridgehead atoms. The van der Waals surface area contributed by atoms with E-state index in [2.05, 4.69) is 47.1 Å². The quantitative estimate of drug-likeness (QED) is 0.855. The van der Waals surface area contributed by atoms with E-state index in [0.29, 0.717) is 6.54 Å². The molecule has 2 saturated heterocycles. The van der Waals surface area contributed by atoms with Crippen molar-refractivity contribution in [2.75, 3.05) is 45.9 Å². The van der Waals surface area contributed by atoms with Gasteiger partial charge in [0.1, 0.15) is 0 Å². The van der Waals surface area contributed by atoms with Crippen LogP contribution < -0.4 is 0 Å². The molecule has 0 saturated carbocycles. The molecule has 3 rings (SSSR count). The maximum atomic E-state index is 12.6. The maximum absolute atomic E-state index is 12.6. The summed E-state index contributed by atoms with van der Waals surface area (Å²) < 4.78 is 5.35. The number of carbonyl (C=O) groups is 1. The second kappa shape index (κ2) is 6.80. The molecular formula is C18H26N2O2. The van der Waals surface area contributed by atoms with Crippen molar-refractivity contribution in [1.82, 2.24) is 9.80 Å². The number of nitrogens with zero attached hydrogens (tertiary/aromatic N) is 2. The van der Waals surface area contributed by atoms with E-state index in [0.717, 1.165) is 52.2 Å². The Balaban J connectivity index is 1.63. The second-order valence-electron chi connectivity index (χ2n) is 6.73. The summed E-state index contributed by atoms with van der Waals surface area (Å²) >= 11 is 0. The van der Waals surface area contributed by atoms with Crippen LogP contribution in [0.1, 0.15) is 25.3 Å². The number of piperidine rings is 1. The van der Waals surface area contributed by atoms with Crippen LogP contribution in [0.4, 0.5) is 0 Å². The Morgan fingerprint density at radius 1 is 1.18 bits per heavy atom. The van der Waals surface area contributed by atoms with Gasteiger partial charge in [-0.25, -0.2) is 0 Å². The molecule has 22 heavy (non-hydrogen) atoms. The molecule has 4 heteroatoms. The molecule has 120 valence electrons. The Hall–Kier alpha value is -1.39. The van der Waals surface area contributed by atoms with E-state index in [1.807, 2.05) is 0 Å². The monoisotopic (exact) mass is 302 g/mol. The van der Waals surface area contributed by atoms with E-state index in [1.165, 1.54) is 5.56 Å². The molecule has 0 spiro atoms. The maximum Gasteiger partial charge on any atom is 0.236 e. The molecule has 1 unspecified atom stereocenters. The summed E-state index contributed by atoms with van der Waals surface area (Å²) in [6.07, 6.45) is 2.23. The number of likely N-dealkylation sites (tertiary alicyclic amines) is 1. The van der Waals surface area contributed by atoms with Crippen LogP contribution in [0.5, 0.6) is 0 Å². The minimum absolute atomic E-state index is 0.0835. The van der Waals surface area contributed by atoms with Crippen molar-refractivity contribution in [3.63, 3.8) is 0 Å². The first-order valence-corrected chi connectivity index (χ1v) is 8.31. The fraction of sp³-hybridized carbons (Fsp3) is 0.611. The number of carbonyl (C=O) groups excluding carboxylic acids is 1. The van der Waals surface area contributed by atoms with Crippen molar-refractivity contribution in [2.45, 2.75) is 25.2 Å². The number of amides is 1. The molecule has 0 radical (unpaired) electrons. The predicted molar refractivity (Wildman–Crippen MR) is 86.9 cm³/mol. The lowest BCUT2D eigenvalue weighted by atomic mass is 9.76. The van der Waals surface area contributed by atoms with Crippen LogP contribution >= 0.6 is 0 Å². The molecule has 2 heterocycles. The van der Waals surface area contributed by atoms with Crippen molar-refractivity contribution in [2.24, 2.45) is 0 Å². The van der Waals surface area contributed by atoms with Crippen LogP contribution in [-0.2, 0) is 14.9 Å². The van der Waals surface area contributed by atoms with Gasteiger partial charge in [0.2, 0.25) is 5.91 Å². The van der Waals surface area contributed by atoms with Crippen LogP contribution in [-0.4, -0.2) is 61.6 Å². The Bertz CT molecular complexity index is 499. The molecule has 0 aliphatic carbocycles. The summed E-state index contributed by atoms with van der Waals surface area (Å²) in [6.45, 7) is 7.78. The van der Waals surface area contributed by atoms with E-state index in [1.54, 1.807) is 0 Å². The van der Waals surface area contributed by atoms with Gasteiger partial charge in [0.05, 0.1) is 19.8 Å². The summed E-state index contributed by atoms with van der Waals surface area (Å²) in [5, 5.41) is 0.